The number of esters is 1. The standard InChI is InChI=1S/C34H34F12N2O4/c1-2-51-28(49)7-5-3-4-6-20-8-10-21(11-9-20)18-31(48-30(50)47-19-32(39,40)41,22-12-13-27(36)26(16-22)33(42,43)44)23-14-24(35)17-25(15-23)52-34(45,46)29(37)38/h8-12,14-17,27,29H,2-7,13,18-19H2,1H3,(H2,47,48,50)/t27?,31-/m1/s1. The fourth-order valence-electron chi connectivity index (χ4n) is 5.42. The van der Waals surface area contributed by atoms with Crippen molar-refractivity contribution in [1.29, 1.82) is 0 Å². The normalized spacial score (nSPS) is 16.5. The minimum Gasteiger partial charge on any atom is -0.466 e. The lowest BCUT2D eigenvalue weighted by molar-refractivity contribution is -0.253. The van der Waals surface area contributed by atoms with Crippen LogP contribution in [0.4, 0.5) is 57.5 Å². The van der Waals surface area contributed by atoms with Gasteiger partial charge in [-0.2, -0.15) is 43.9 Å². The number of hydrogen-bond donors (Lipinski definition) is 2. The van der Waals surface area contributed by atoms with Gasteiger partial charge in [0.25, 0.3) is 0 Å². The lowest BCUT2D eigenvalue weighted by atomic mass is 9.74. The number of allylic oxidation sites excluding steroid dienone is 2. The molecule has 1 unspecified atom stereocenters. The van der Waals surface area contributed by atoms with E-state index in [1.165, 1.54) is 17.4 Å². The van der Waals surface area contributed by atoms with Crippen LogP contribution in [0.1, 0.15) is 55.7 Å². The lowest BCUT2D eigenvalue weighted by Crippen LogP contribution is -2.54. The average molecular weight is 763 g/mol. The van der Waals surface area contributed by atoms with Gasteiger partial charge in [-0.1, -0.05) is 36.8 Å². The van der Waals surface area contributed by atoms with Gasteiger partial charge in [0, 0.05) is 25.3 Å². The predicted octanol–water partition coefficient (Wildman–Crippen LogP) is 9.18. The van der Waals surface area contributed by atoms with Crippen LogP contribution < -0.4 is 15.4 Å². The maximum Gasteiger partial charge on any atom is 0.461 e. The predicted molar refractivity (Wildman–Crippen MR) is 163 cm³/mol. The van der Waals surface area contributed by atoms with Gasteiger partial charge in [-0.05, 0) is 66.7 Å². The van der Waals surface area contributed by atoms with Crippen molar-refractivity contribution < 1.29 is 71.7 Å². The molecule has 0 aliphatic heterocycles. The van der Waals surface area contributed by atoms with Crippen molar-refractivity contribution in [1.82, 2.24) is 10.6 Å². The van der Waals surface area contributed by atoms with E-state index in [0.29, 0.717) is 37.8 Å². The Hall–Kier alpha value is -4.38. The van der Waals surface area contributed by atoms with Crippen molar-refractivity contribution >= 4 is 12.0 Å². The van der Waals surface area contributed by atoms with Crippen molar-refractivity contribution in [2.75, 3.05) is 13.2 Å². The minimum atomic E-state index is -5.31. The molecule has 2 aromatic carbocycles. The number of aryl methyl sites for hydroxylation is 1. The number of carbonyl (C=O) groups is 2. The molecule has 0 spiro atoms. The van der Waals surface area contributed by atoms with Crippen LogP contribution in [0.2, 0.25) is 0 Å². The van der Waals surface area contributed by atoms with Crippen molar-refractivity contribution in [3.63, 3.8) is 0 Å². The lowest BCUT2D eigenvalue weighted by Gasteiger charge is -2.39. The Balaban J connectivity index is 2.13. The molecule has 288 valence electrons. The molecule has 1 aliphatic rings. The highest BCUT2D eigenvalue weighted by molar-refractivity contribution is 5.76. The van der Waals surface area contributed by atoms with Crippen LogP contribution in [-0.2, 0) is 27.9 Å². The van der Waals surface area contributed by atoms with Crippen LogP contribution in [0.15, 0.2) is 65.8 Å². The Labute approximate surface area is 290 Å². The van der Waals surface area contributed by atoms with Crippen molar-refractivity contribution in [2.45, 2.75) is 88.5 Å². The Bertz CT molecular complexity index is 1590. The number of nitrogens with one attached hydrogen (secondary N) is 2. The van der Waals surface area contributed by atoms with Gasteiger partial charge >= 0.3 is 36.9 Å². The van der Waals surface area contributed by atoms with Gasteiger partial charge in [0.2, 0.25) is 0 Å². The van der Waals surface area contributed by atoms with Gasteiger partial charge in [-0.25, -0.2) is 13.6 Å². The van der Waals surface area contributed by atoms with Gasteiger partial charge in [-0.15, -0.1) is 0 Å². The molecule has 52 heavy (non-hydrogen) atoms. The summed E-state index contributed by atoms with van der Waals surface area (Å²) >= 11 is 0. The first-order valence-electron chi connectivity index (χ1n) is 15.8. The van der Waals surface area contributed by atoms with E-state index in [2.05, 4.69) is 10.1 Å². The van der Waals surface area contributed by atoms with Crippen molar-refractivity contribution in [3.05, 3.63) is 88.3 Å². The maximum atomic E-state index is 15.0. The molecule has 0 fully saturated rings. The number of hydrogen-bond acceptors (Lipinski definition) is 4. The molecule has 6 nitrogen and oxygen atoms in total. The molecule has 0 heterocycles. The Morgan fingerprint density at radius 1 is 0.923 bits per heavy atom. The second kappa shape index (κ2) is 17.4. The van der Waals surface area contributed by atoms with Crippen LogP contribution in [0.25, 0.3) is 0 Å². The molecule has 0 bridgehead atoms. The molecule has 0 saturated carbocycles. The second-order valence-corrected chi connectivity index (χ2v) is 11.8. The largest absolute Gasteiger partial charge is 0.466 e. The molecular weight excluding hydrogens is 728 g/mol. The average Bonchev–Trinajstić information content (AvgIpc) is 3.03. The van der Waals surface area contributed by atoms with E-state index < -0.39 is 90.3 Å². The summed E-state index contributed by atoms with van der Waals surface area (Å²) in [7, 11) is 0. The number of alkyl halides is 11. The van der Waals surface area contributed by atoms with Gasteiger partial charge in [0.15, 0.2) is 0 Å². The first-order valence-corrected chi connectivity index (χ1v) is 15.8. The third-order valence-electron chi connectivity index (χ3n) is 7.81. The third-order valence-corrected chi connectivity index (χ3v) is 7.81. The molecule has 3 rings (SSSR count). The van der Waals surface area contributed by atoms with Crippen LogP contribution in [0.5, 0.6) is 5.75 Å². The molecule has 0 aromatic heterocycles. The molecule has 2 atom stereocenters. The van der Waals surface area contributed by atoms with Crippen molar-refractivity contribution in [3.8, 4) is 5.75 Å². The molecule has 0 saturated heterocycles. The Kier molecular flexibility index (Phi) is 14.1. The van der Waals surface area contributed by atoms with E-state index in [4.69, 9.17) is 4.74 Å². The van der Waals surface area contributed by atoms with Crippen LogP contribution >= 0.6 is 0 Å². The molecule has 18 heteroatoms. The second-order valence-electron chi connectivity index (χ2n) is 11.8. The van der Waals surface area contributed by atoms with Crippen molar-refractivity contribution in [2.24, 2.45) is 0 Å². The Morgan fingerprint density at radius 2 is 1.58 bits per heavy atom. The summed E-state index contributed by atoms with van der Waals surface area (Å²) in [5, 5.41) is 3.57. The number of benzene rings is 2. The summed E-state index contributed by atoms with van der Waals surface area (Å²) in [5.41, 5.74) is -4.84. The highest BCUT2D eigenvalue weighted by Crippen LogP contribution is 2.43. The number of carbonyl (C=O) groups excluding carboxylic acids is 2. The topological polar surface area (TPSA) is 76.7 Å². The molecule has 2 aromatic rings. The molecule has 2 N–H and O–H groups in total. The van der Waals surface area contributed by atoms with Gasteiger partial charge in [0.1, 0.15) is 24.3 Å². The zero-order chi connectivity index (χ0) is 38.9. The number of unbranched alkanes of at least 4 members (excludes halogenated alkanes) is 2. The van der Waals surface area contributed by atoms with E-state index in [0.717, 1.165) is 11.6 Å². The first kappa shape index (κ1) is 42.0. The quantitative estimate of drug-likeness (QED) is 0.102. The molecular formula is C34H34F12N2O4. The van der Waals surface area contributed by atoms with Crippen LogP contribution in [-0.4, -0.2) is 56.2 Å². The molecule has 0 radical (unpaired) electrons. The Morgan fingerprint density at radius 3 is 2.17 bits per heavy atom. The highest BCUT2D eigenvalue weighted by atomic mass is 19.4. The van der Waals surface area contributed by atoms with E-state index in [1.807, 2.05) is 0 Å². The van der Waals surface area contributed by atoms with E-state index >= 15 is 4.39 Å². The summed E-state index contributed by atoms with van der Waals surface area (Å²) in [6.45, 7) is -0.0263. The number of ether oxygens (including phenoxy) is 2. The zero-order valence-corrected chi connectivity index (χ0v) is 27.4. The fraction of sp³-hybridized carbons (Fsp3) is 0.471. The SMILES string of the molecule is CCOC(=O)CCCCCc1ccc(C[C@@](NC(=O)NCC(F)(F)F)(C2=CCC(F)C(C(F)(F)F)=C2)c2cc(F)cc(OC(F)(F)C(F)F)c2)cc1. The van der Waals surface area contributed by atoms with Crippen LogP contribution in [0, 0.1) is 5.82 Å². The fourth-order valence-corrected chi connectivity index (χ4v) is 5.42. The zero-order valence-electron chi connectivity index (χ0n) is 27.4. The van der Waals surface area contributed by atoms with Gasteiger partial charge in [-0.3, -0.25) is 4.79 Å². The summed E-state index contributed by atoms with van der Waals surface area (Å²) in [4.78, 5) is 24.5. The van der Waals surface area contributed by atoms with Crippen LogP contribution in [0.3, 0.4) is 0 Å². The molecule has 1 aliphatic carbocycles. The van der Waals surface area contributed by atoms with E-state index in [-0.39, 0.29) is 36.7 Å². The monoisotopic (exact) mass is 762 g/mol. The number of amides is 2. The number of halogens is 12. The smallest absolute Gasteiger partial charge is 0.461 e. The minimum absolute atomic E-state index is 0.150. The summed E-state index contributed by atoms with van der Waals surface area (Å²) in [6.07, 6.45) is -20.6. The summed E-state index contributed by atoms with van der Waals surface area (Å²) < 4.78 is 173. The van der Waals surface area contributed by atoms with E-state index in [9.17, 15) is 57.9 Å². The highest BCUT2D eigenvalue weighted by Gasteiger charge is 2.47. The molecule has 2 amide bonds. The number of urea groups is 1. The first-order chi connectivity index (χ1) is 24.1. The van der Waals surface area contributed by atoms with Gasteiger partial charge in [0.05, 0.1) is 17.7 Å². The van der Waals surface area contributed by atoms with Gasteiger partial charge < -0.3 is 20.1 Å². The summed E-state index contributed by atoms with van der Waals surface area (Å²) in [5.74, 6) is -3.10. The maximum absolute atomic E-state index is 15.0. The third kappa shape index (κ3) is 12.1. The number of rotatable bonds is 16. The summed E-state index contributed by atoms with van der Waals surface area (Å²) in [6, 6.07) is 5.57. The van der Waals surface area contributed by atoms with E-state index in [1.54, 1.807) is 19.1 Å².